The lowest BCUT2D eigenvalue weighted by Gasteiger charge is -2.14. The Morgan fingerprint density at radius 2 is 1.70 bits per heavy atom. The highest BCUT2D eigenvalue weighted by Gasteiger charge is 2.33. The molecule has 0 aliphatic carbocycles. The van der Waals surface area contributed by atoms with Crippen molar-refractivity contribution in [1.29, 1.82) is 0 Å². The summed E-state index contributed by atoms with van der Waals surface area (Å²) in [4.78, 5) is 35.7. The molecule has 1 rings (SSSR count). The van der Waals surface area contributed by atoms with E-state index >= 15 is 0 Å². The number of rotatable bonds is 9. The van der Waals surface area contributed by atoms with Crippen LogP contribution in [0.3, 0.4) is 0 Å². The van der Waals surface area contributed by atoms with E-state index in [0.29, 0.717) is 12.2 Å². The van der Waals surface area contributed by atoms with Crippen molar-refractivity contribution in [2.24, 2.45) is 5.92 Å². The maximum Gasteiger partial charge on any atom is 0.375 e. The van der Waals surface area contributed by atoms with E-state index in [9.17, 15) is 14.4 Å². The average molecular weight is 322 g/mol. The van der Waals surface area contributed by atoms with Crippen LogP contribution in [0.25, 0.3) is 0 Å². The first kappa shape index (κ1) is 18.7. The first-order valence-corrected chi connectivity index (χ1v) is 7.54. The predicted octanol–water partition coefficient (Wildman–Crippen LogP) is 1.94. The summed E-state index contributed by atoms with van der Waals surface area (Å²) >= 11 is 0. The zero-order valence-corrected chi connectivity index (χ0v) is 13.7. The van der Waals surface area contributed by atoms with Gasteiger partial charge >= 0.3 is 11.9 Å². The molecule has 0 heterocycles. The van der Waals surface area contributed by atoms with E-state index in [1.807, 2.05) is 18.2 Å². The van der Waals surface area contributed by atoms with Gasteiger partial charge in [-0.05, 0) is 38.3 Å². The summed E-state index contributed by atoms with van der Waals surface area (Å²) in [5, 5.41) is 0. The number of ketones is 1. The Morgan fingerprint density at radius 1 is 1.04 bits per heavy atom. The molecule has 0 unspecified atom stereocenters. The molecule has 0 aliphatic heterocycles. The van der Waals surface area contributed by atoms with Crippen LogP contribution in [0.2, 0.25) is 0 Å². The normalized spacial score (nSPS) is 11.4. The van der Waals surface area contributed by atoms with Gasteiger partial charge in [0.1, 0.15) is 11.7 Å². The summed E-state index contributed by atoms with van der Waals surface area (Å²) in [6.45, 7) is 3.45. The number of carbonyl (C=O) groups is 3. The summed E-state index contributed by atoms with van der Waals surface area (Å²) in [7, 11) is 1.55. The number of para-hydroxylation sites is 1. The van der Waals surface area contributed by atoms with Crippen LogP contribution < -0.4 is 4.74 Å². The van der Waals surface area contributed by atoms with Crippen molar-refractivity contribution in [1.82, 2.24) is 0 Å². The quantitative estimate of drug-likeness (QED) is 0.393. The Kier molecular flexibility index (Phi) is 7.80. The lowest BCUT2D eigenvalue weighted by molar-refractivity contribution is -0.162. The van der Waals surface area contributed by atoms with Crippen molar-refractivity contribution in [3.63, 3.8) is 0 Å². The van der Waals surface area contributed by atoms with Crippen LogP contribution in [0, 0.1) is 5.92 Å². The van der Waals surface area contributed by atoms with Gasteiger partial charge in [-0.2, -0.15) is 0 Å². The van der Waals surface area contributed by atoms with Gasteiger partial charge in [-0.25, -0.2) is 4.79 Å². The third kappa shape index (κ3) is 5.39. The Balaban J connectivity index is 2.86. The van der Waals surface area contributed by atoms with Crippen LogP contribution in [0.1, 0.15) is 25.8 Å². The van der Waals surface area contributed by atoms with Crippen LogP contribution in [0.5, 0.6) is 5.75 Å². The second-order valence-corrected chi connectivity index (χ2v) is 4.74. The molecule has 0 aliphatic rings. The standard InChI is InChI=1S/C17H22O6/c1-4-22-16(19)13(15(18)17(20)23-5-2)11-10-12-8-6-7-9-14(12)21-3/h6-9,13H,4-5,10-11H2,1-3H3/t13-/m1/s1. The van der Waals surface area contributed by atoms with E-state index < -0.39 is 23.6 Å². The first-order valence-electron chi connectivity index (χ1n) is 7.54. The second-order valence-electron chi connectivity index (χ2n) is 4.74. The molecule has 0 saturated heterocycles. The molecular formula is C17H22O6. The van der Waals surface area contributed by atoms with Gasteiger partial charge in [0.05, 0.1) is 20.3 Å². The van der Waals surface area contributed by atoms with E-state index in [4.69, 9.17) is 9.47 Å². The van der Waals surface area contributed by atoms with Gasteiger partial charge in [-0.1, -0.05) is 18.2 Å². The third-order valence-corrected chi connectivity index (χ3v) is 3.26. The first-order chi connectivity index (χ1) is 11.0. The fourth-order valence-electron chi connectivity index (χ4n) is 2.15. The lowest BCUT2D eigenvalue weighted by Crippen LogP contribution is -2.33. The van der Waals surface area contributed by atoms with E-state index in [-0.39, 0.29) is 19.6 Å². The summed E-state index contributed by atoms with van der Waals surface area (Å²) in [6, 6.07) is 7.30. The van der Waals surface area contributed by atoms with Crippen LogP contribution in [-0.2, 0) is 30.3 Å². The van der Waals surface area contributed by atoms with Crippen molar-refractivity contribution in [3.8, 4) is 5.75 Å². The van der Waals surface area contributed by atoms with Gasteiger partial charge < -0.3 is 14.2 Å². The smallest absolute Gasteiger partial charge is 0.375 e. The largest absolute Gasteiger partial charge is 0.496 e. The van der Waals surface area contributed by atoms with Crippen LogP contribution in [0.4, 0.5) is 0 Å². The van der Waals surface area contributed by atoms with Gasteiger partial charge in [0, 0.05) is 0 Å². The second kappa shape index (κ2) is 9.61. The minimum atomic E-state index is -1.17. The minimum Gasteiger partial charge on any atom is -0.496 e. The number of benzene rings is 1. The minimum absolute atomic E-state index is 0.0760. The number of esters is 2. The zero-order chi connectivity index (χ0) is 17.2. The predicted molar refractivity (Wildman–Crippen MR) is 83.1 cm³/mol. The van der Waals surface area contributed by atoms with Gasteiger partial charge in [0.15, 0.2) is 0 Å². The molecule has 0 radical (unpaired) electrons. The summed E-state index contributed by atoms with van der Waals surface area (Å²) in [5.41, 5.74) is 0.848. The van der Waals surface area contributed by atoms with Crippen LogP contribution in [0.15, 0.2) is 24.3 Å². The van der Waals surface area contributed by atoms with Crippen molar-refractivity contribution in [2.45, 2.75) is 26.7 Å². The number of hydrogen-bond donors (Lipinski definition) is 0. The van der Waals surface area contributed by atoms with Crippen molar-refractivity contribution in [2.75, 3.05) is 20.3 Å². The number of aryl methyl sites for hydroxylation is 1. The molecule has 126 valence electrons. The number of Topliss-reactive ketones (excluding diaryl/α,β-unsaturated/α-hetero) is 1. The SMILES string of the molecule is CCOC(=O)C(=O)[C@@H](CCc1ccccc1OC)C(=O)OCC. The fraction of sp³-hybridized carbons (Fsp3) is 0.471. The molecule has 1 aromatic rings. The number of ether oxygens (including phenoxy) is 3. The molecule has 6 nitrogen and oxygen atoms in total. The molecule has 0 spiro atoms. The van der Waals surface area contributed by atoms with Gasteiger partial charge in [0.2, 0.25) is 0 Å². The highest BCUT2D eigenvalue weighted by Crippen LogP contribution is 2.22. The van der Waals surface area contributed by atoms with Crippen molar-refractivity contribution < 1.29 is 28.6 Å². The van der Waals surface area contributed by atoms with Gasteiger partial charge in [-0.3, -0.25) is 9.59 Å². The van der Waals surface area contributed by atoms with Crippen LogP contribution in [-0.4, -0.2) is 38.0 Å². The Morgan fingerprint density at radius 3 is 2.30 bits per heavy atom. The fourth-order valence-corrected chi connectivity index (χ4v) is 2.15. The van der Waals surface area contributed by atoms with E-state index in [1.165, 1.54) is 0 Å². The lowest BCUT2D eigenvalue weighted by atomic mass is 9.95. The highest BCUT2D eigenvalue weighted by atomic mass is 16.5. The molecule has 0 N–H and O–H groups in total. The molecule has 0 bridgehead atoms. The van der Waals surface area contributed by atoms with Gasteiger partial charge in [-0.15, -0.1) is 0 Å². The maximum absolute atomic E-state index is 12.1. The van der Waals surface area contributed by atoms with Crippen LogP contribution >= 0.6 is 0 Å². The summed E-state index contributed by atoms with van der Waals surface area (Å²) in [6.07, 6.45) is 0.551. The molecule has 6 heteroatoms. The molecule has 23 heavy (non-hydrogen) atoms. The molecule has 0 fully saturated rings. The topological polar surface area (TPSA) is 78.9 Å². The molecular weight excluding hydrogens is 300 g/mol. The van der Waals surface area contributed by atoms with E-state index in [1.54, 1.807) is 27.0 Å². The van der Waals surface area contributed by atoms with Crippen molar-refractivity contribution in [3.05, 3.63) is 29.8 Å². The number of hydrogen-bond acceptors (Lipinski definition) is 6. The zero-order valence-electron chi connectivity index (χ0n) is 13.7. The molecule has 0 saturated carbocycles. The summed E-state index contributed by atoms with van der Waals surface area (Å²) < 4.78 is 14.8. The monoisotopic (exact) mass is 322 g/mol. The molecule has 1 atom stereocenters. The third-order valence-electron chi connectivity index (χ3n) is 3.26. The van der Waals surface area contributed by atoms with Crippen molar-refractivity contribution >= 4 is 17.7 Å². The molecule has 1 aromatic carbocycles. The van der Waals surface area contributed by atoms with E-state index in [0.717, 1.165) is 5.56 Å². The molecule has 0 amide bonds. The molecule has 0 aromatic heterocycles. The number of carbonyl (C=O) groups excluding carboxylic acids is 3. The Labute approximate surface area is 135 Å². The number of methoxy groups -OCH3 is 1. The van der Waals surface area contributed by atoms with E-state index in [2.05, 4.69) is 4.74 Å². The maximum atomic E-state index is 12.1. The summed E-state index contributed by atoms with van der Waals surface area (Å²) in [5.74, 6) is -3.09. The Hall–Kier alpha value is -2.37. The highest BCUT2D eigenvalue weighted by molar-refractivity contribution is 6.37. The van der Waals surface area contributed by atoms with Gasteiger partial charge in [0.25, 0.3) is 5.78 Å². The average Bonchev–Trinajstić information content (AvgIpc) is 2.55. The Bertz CT molecular complexity index is 552.